The van der Waals surface area contributed by atoms with Crippen molar-refractivity contribution in [1.82, 2.24) is 4.98 Å². The molecule has 1 aromatic carbocycles. The smallest absolute Gasteiger partial charge is 0.326 e. The van der Waals surface area contributed by atoms with Gasteiger partial charge in [0.05, 0.1) is 4.88 Å². The minimum atomic E-state index is -4.39. The summed E-state index contributed by atoms with van der Waals surface area (Å²) in [7, 11) is 0. The fourth-order valence-corrected chi connectivity index (χ4v) is 2.46. The Kier molecular flexibility index (Phi) is 3.41. The zero-order valence-corrected chi connectivity index (χ0v) is 10.4. The Bertz CT molecular complexity index is 561. The molecule has 1 heterocycles. The molecule has 0 radical (unpaired) electrons. The molecule has 0 aliphatic carbocycles. The molecule has 2 rings (SSSR count). The second kappa shape index (κ2) is 4.70. The summed E-state index contributed by atoms with van der Waals surface area (Å²) in [5.41, 5.74) is 8.11. The van der Waals surface area contributed by atoms with Gasteiger partial charge in [-0.1, -0.05) is 23.8 Å². The molecule has 0 saturated heterocycles. The van der Waals surface area contributed by atoms with Crippen LogP contribution in [0.5, 0.6) is 0 Å². The lowest BCUT2D eigenvalue weighted by molar-refractivity contribution is -0.137. The highest BCUT2D eigenvalue weighted by Gasteiger charge is 2.34. The van der Waals surface area contributed by atoms with Gasteiger partial charge in [-0.25, -0.2) is 4.98 Å². The summed E-state index contributed by atoms with van der Waals surface area (Å²) in [5.74, 6) is 0. The topological polar surface area (TPSA) is 38.9 Å². The van der Waals surface area contributed by atoms with E-state index in [1.165, 1.54) is 6.20 Å². The Morgan fingerprint density at radius 2 is 2.06 bits per heavy atom. The van der Waals surface area contributed by atoms with Crippen LogP contribution in [0.1, 0.15) is 16.1 Å². The van der Waals surface area contributed by atoms with Gasteiger partial charge in [-0.2, -0.15) is 13.2 Å². The minimum absolute atomic E-state index is 0.287. The third kappa shape index (κ3) is 2.54. The molecule has 0 amide bonds. The lowest BCUT2D eigenvalue weighted by Gasteiger charge is -2.06. The number of aromatic nitrogens is 1. The van der Waals surface area contributed by atoms with Crippen LogP contribution in [-0.4, -0.2) is 4.98 Å². The van der Waals surface area contributed by atoms with E-state index in [0.717, 1.165) is 16.7 Å². The summed E-state index contributed by atoms with van der Waals surface area (Å²) >= 11 is 0.639. The van der Waals surface area contributed by atoms with Crippen molar-refractivity contribution in [2.75, 3.05) is 0 Å². The highest BCUT2D eigenvalue weighted by molar-refractivity contribution is 7.15. The predicted molar refractivity (Wildman–Crippen MR) is 65.2 cm³/mol. The van der Waals surface area contributed by atoms with Crippen LogP contribution in [0.25, 0.3) is 10.4 Å². The Hall–Kier alpha value is -1.40. The first-order valence-corrected chi connectivity index (χ1v) is 6.06. The quantitative estimate of drug-likeness (QED) is 0.907. The molecule has 0 saturated carbocycles. The molecular formula is C12H11F3N2S. The van der Waals surface area contributed by atoms with E-state index in [-0.39, 0.29) is 6.54 Å². The Morgan fingerprint density at radius 3 is 2.61 bits per heavy atom. The van der Waals surface area contributed by atoms with E-state index in [1.54, 1.807) is 0 Å². The number of hydrogen-bond donors (Lipinski definition) is 1. The van der Waals surface area contributed by atoms with Gasteiger partial charge in [0.15, 0.2) is 5.01 Å². The molecule has 0 unspecified atom stereocenters. The summed E-state index contributed by atoms with van der Waals surface area (Å²) in [6, 6.07) is 5.55. The number of nitrogens with two attached hydrogens (primary N) is 1. The van der Waals surface area contributed by atoms with Gasteiger partial charge in [-0.15, -0.1) is 11.3 Å². The van der Waals surface area contributed by atoms with Crippen LogP contribution in [0.3, 0.4) is 0 Å². The SMILES string of the molecule is Cc1ccc(CN)c(-c2cnc(C(F)(F)F)s2)c1. The van der Waals surface area contributed by atoms with Crippen LogP contribution in [0.15, 0.2) is 24.4 Å². The number of halogens is 3. The summed E-state index contributed by atoms with van der Waals surface area (Å²) in [6.45, 7) is 2.17. The number of thiazole rings is 1. The molecule has 2 N–H and O–H groups in total. The van der Waals surface area contributed by atoms with E-state index >= 15 is 0 Å². The first-order chi connectivity index (χ1) is 8.41. The maximum Gasteiger partial charge on any atom is 0.443 e. The van der Waals surface area contributed by atoms with Crippen LogP contribution in [0, 0.1) is 6.92 Å². The molecule has 0 aliphatic rings. The summed E-state index contributed by atoms with van der Waals surface area (Å²) in [6.07, 6.45) is -3.14. The standard InChI is InChI=1S/C12H11F3N2S/c1-7-2-3-8(5-16)9(4-7)10-6-17-11(18-10)12(13,14)15/h2-4,6H,5,16H2,1H3. The fourth-order valence-electron chi connectivity index (χ4n) is 1.63. The van der Waals surface area contributed by atoms with Crippen LogP contribution < -0.4 is 5.73 Å². The highest BCUT2D eigenvalue weighted by atomic mass is 32.1. The van der Waals surface area contributed by atoms with Gasteiger partial charge in [-0.3, -0.25) is 0 Å². The minimum Gasteiger partial charge on any atom is -0.326 e. The van der Waals surface area contributed by atoms with Crippen molar-refractivity contribution in [2.45, 2.75) is 19.6 Å². The van der Waals surface area contributed by atoms with E-state index in [9.17, 15) is 13.2 Å². The van der Waals surface area contributed by atoms with Crippen molar-refractivity contribution in [3.05, 3.63) is 40.5 Å². The molecule has 0 atom stereocenters. The van der Waals surface area contributed by atoms with Crippen LogP contribution in [0.2, 0.25) is 0 Å². The number of nitrogens with zero attached hydrogens (tertiary/aromatic N) is 1. The van der Waals surface area contributed by atoms with E-state index in [1.807, 2.05) is 25.1 Å². The molecule has 0 fully saturated rings. The lowest BCUT2D eigenvalue weighted by Crippen LogP contribution is -2.02. The van der Waals surface area contributed by atoms with Crippen molar-refractivity contribution < 1.29 is 13.2 Å². The zero-order valence-electron chi connectivity index (χ0n) is 9.58. The fraction of sp³-hybridized carbons (Fsp3) is 0.250. The molecule has 1 aromatic heterocycles. The van der Waals surface area contributed by atoms with Gasteiger partial charge in [0.25, 0.3) is 0 Å². The Morgan fingerprint density at radius 1 is 1.33 bits per heavy atom. The number of hydrogen-bond acceptors (Lipinski definition) is 3. The van der Waals surface area contributed by atoms with Crippen molar-refractivity contribution >= 4 is 11.3 Å². The second-order valence-electron chi connectivity index (χ2n) is 3.89. The Labute approximate surface area is 106 Å². The number of alkyl halides is 3. The molecule has 18 heavy (non-hydrogen) atoms. The summed E-state index contributed by atoms with van der Waals surface area (Å²) < 4.78 is 37.5. The predicted octanol–water partition coefficient (Wildman–Crippen LogP) is 3.60. The monoisotopic (exact) mass is 272 g/mol. The molecule has 96 valence electrons. The average Bonchev–Trinajstić information content (AvgIpc) is 2.77. The van der Waals surface area contributed by atoms with Crippen molar-refractivity contribution in [1.29, 1.82) is 0 Å². The molecular weight excluding hydrogens is 261 g/mol. The largest absolute Gasteiger partial charge is 0.443 e. The zero-order chi connectivity index (χ0) is 13.3. The summed E-state index contributed by atoms with van der Waals surface area (Å²) in [5, 5.41) is -0.832. The number of benzene rings is 1. The maximum absolute atomic E-state index is 12.5. The van der Waals surface area contributed by atoms with Crippen LogP contribution >= 0.6 is 11.3 Å². The molecule has 0 aliphatic heterocycles. The maximum atomic E-state index is 12.5. The second-order valence-corrected chi connectivity index (χ2v) is 4.92. The normalized spacial score (nSPS) is 11.8. The van der Waals surface area contributed by atoms with Gasteiger partial charge in [-0.05, 0) is 18.1 Å². The van der Waals surface area contributed by atoms with Gasteiger partial charge in [0, 0.05) is 12.7 Å². The van der Waals surface area contributed by atoms with E-state index in [2.05, 4.69) is 4.98 Å². The highest BCUT2D eigenvalue weighted by Crippen LogP contribution is 2.37. The van der Waals surface area contributed by atoms with Crippen molar-refractivity contribution in [2.24, 2.45) is 5.73 Å². The third-order valence-electron chi connectivity index (χ3n) is 2.50. The average molecular weight is 272 g/mol. The first kappa shape index (κ1) is 13.0. The van der Waals surface area contributed by atoms with E-state index in [4.69, 9.17) is 5.73 Å². The van der Waals surface area contributed by atoms with Gasteiger partial charge >= 0.3 is 6.18 Å². The van der Waals surface area contributed by atoms with Gasteiger partial charge in [0.2, 0.25) is 0 Å². The van der Waals surface area contributed by atoms with Gasteiger partial charge < -0.3 is 5.73 Å². The molecule has 0 spiro atoms. The van der Waals surface area contributed by atoms with Gasteiger partial charge in [0.1, 0.15) is 0 Å². The molecule has 2 nitrogen and oxygen atoms in total. The summed E-state index contributed by atoms with van der Waals surface area (Å²) in [4.78, 5) is 3.91. The van der Waals surface area contributed by atoms with Crippen molar-refractivity contribution in [3.8, 4) is 10.4 Å². The number of rotatable bonds is 2. The molecule has 2 aromatic rings. The third-order valence-corrected chi connectivity index (χ3v) is 3.57. The number of aryl methyl sites for hydroxylation is 1. The first-order valence-electron chi connectivity index (χ1n) is 5.25. The van der Waals surface area contributed by atoms with E-state index < -0.39 is 11.2 Å². The Balaban J connectivity index is 2.49. The van der Waals surface area contributed by atoms with Crippen molar-refractivity contribution in [3.63, 3.8) is 0 Å². The van der Waals surface area contributed by atoms with Crippen LogP contribution in [-0.2, 0) is 12.7 Å². The molecule has 6 heteroatoms. The van der Waals surface area contributed by atoms with E-state index in [0.29, 0.717) is 16.2 Å². The lowest BCUT2D eigenvalue weighted by atomic mass is 10.0. The van der Waals surface area contributed by atoms with Crippen LogP contribution in [0.4, 0.5) is 13.2 Å². The molecule has 0 bridgehead atoms.